The van der Waals surface area contributed by atoms with Gasteiger partial charge >= 0.3 is 0 Å². The van der Waals surface area contributed by atoms with Crippen LogP contribution < -0.4 is 9.64 Å². The number of para-hydroxylation sites is 1. The van der Waals surface area contributed by atoms with Crippen molar-refractivity contribution in [2.75, 3.05) is 37.7 Å². The summed E-state index contributed by atoms with van der Waals surface area (Å²) >= 11 is 0. The van der Waals surface area contributed by atoms with E-state index in [0.717, 1.165) is 13.1 Å². The fourth-order valence-corrected chi connectivity index (χ4v) is 3.16. The Bertz CT molecular complexity index is 901. The van der Waals surface area contributed by atoms with E-state index in [-0.39, 0.29) is 5.91 Å². The number of anilines is 1. The minimum Gasteiger partial charge on any atom is -0.477 e. The van der Waals surface area contributed by atoms with Crippen molar-refractivity contribution in [2.45, 2.75) is 6.92 Å². The van der Waals surface area contributed by atoms with Crippen molar-refractivity contribution in [3.8, 4) is 5.88 Å². The predicted molar refractivity (Wildman–Crippen MR) is 98.7 cm³/mol. The van der Waals surface area contributed by atoms with Gasteiger partial charge in [0.15, 0.2) is 5.65 Å². The molecule has 3 aromatic rings. The van der Waals surface area contributed by atoms with Gasteiger partial charge in [-0.3, -0.25) is 4.79 Å². The number of carbonyl (C=O) groups is 1. The van der Waals surface area contributed by atoms with Gasteiger partial charge in [-0.05, 0) is 25.1 Å². The zero-order chi connectivity index (χ0) is 17.9. The van der Waals surface area contributed by atoms with Gasteiger partial charge in [0.25, 0.3) is 5.91 Å². The van der Waals surface area contributed by atoms with Gasteiger partial charge in [-0.2, -0.15) is 0 Å². The molecule has 0 aliphatic carbocycles. The lowest BCUT2D eigenvalue weighted by Crippen LogP contribution is -2.48. The summed E-state index contributed by atoms with van der Waals surface area (Å²) < 4.78 is 6.99. The zero-order valence-corrected chi connectivity index (χ0v) is 14.7. The molecule has 0 atom stereocenters. The molecule has 1 amide bonds. The van der Waals surface area contributed by atoms with Crippen LogP contribution in [-0.4, -0.2) is 58.2 Å². The number of rotatable bonds is 4. The Kier molecular flexibility index (Phi) is 4.43. The number of hydrogen-bond donors (Lipinski definition) is 0. The van der Waals surface area contributed by atoms with Gasteiger partial charge in [-0.15, -0.1) is 5.10 Å². The van der Waals surface area contributed by atoms with E-state index < -0.39 is 0 Å². The Labute approximate surface area is 151 Å². The van der Waals surface area contributed by atoms with Crippen molar-refractivity contribution in [1.29, 1.82) is 0 Å². The Hall–Kier alpha value is -3.09. The summed E-state index contributed by atoms with van der Waals surface area (Å²) in [5.74, 6) is 0.467. The second kappa shape index (κ2) is 7.03. The molecule has 0 unspecified atom stereocenters. The van der Waals surface area contributed by atoms with E-state index in [1.54, 1.807) is 16.8 Å². The molecule has 1 saturated heterocycles. The molecule has 3 heterocycles. The first-order chi connectivity index (χ1) is 12.7. The Morgan fingerprint density at radius 1 is 1.08 bits per heavy atom. The quantitative estimate of drug-likeness (QED) is 0.720. The third kappa shape index (κ3) is 3.20. The first-order valence-corrected chi connectivity index (χ1v) is 8.83. The van der Waals surface area contributed by atoms with Crippen LogP contribution in [0.15, 0.2) is 48.7 Å². The minimum absolute atomic E-state index is 0.0545. The molecule has 1 aromatic carbocycles. The summed E-state index contributed by atoms with van der Waals surface area (Å²) in [6.45, 7) is 5.44. The van der Waals surface area contributed by atoms with Crippen LogP contribution in [0.1, 0.15) is 17.4 Å². The van der Waals surface area contributed by atoms with E-state index >= 15 is 0 Å². The number of benzene rings is 1. The summed E-state index contributed by atoms with van der Waals surface area (Å²) in [5, 5.41) is 4.32. The number of imidazole rings is 1. The third-order valence-corrected chi connectivity index (χ3v) is 4.50. The normalized spacial score (nSPS) is 14.7. The molecule has 1 aliphatic rings. The predicted octanol–water partition coefficient (Wildman–Crippen LogP) is 2.09. The summed E-state index contributed by atoms with van der Waals surface area (Å²) in [6.07, 6.45) is 1.67. The molecule has 0 bridgehead atoms. The van der Waals surface area contributed by atoms with Gasteiger partial charge in [0.05, 0.1) is 12.8 Å². The van der Waals surface area contributed by atoms with E-state index in [0.29, 0.717) is 36.9 Å². The van der Waals surface area contributed by atoms with Crippen molar-refractivity contribution in [2.24, 2.45) is 0 Å². The fraction of sp³-hybridized carbons (Fsp3) is 0.316. The van der Waals surface area contributed by atoms with Gasteiger partial charge in [-0.1, -0.05) is 18.2 Å². The van der Waals surface area contributed by atoms with Crippen LogP contribution in [-0.2, 0) is 0 Å². The molecule has 1 aliphatic heterocycles. The molecule has 0 spiro atoms. The average Bonchev–Trinajstić information content (AvgIpc) is 3.12. The molecular weight excluding hydrogens is 330 g/mol. The van der Waals surface area contributed by atoms with Gasteiger partial charge in [0.2, 0.25) is 5.88 Å². The van der Waals surface area contributed by atoms with Crippen LogP contribution >= 0.6 is 0 Å². The molecule has 0 radical (unpaired) electrons. The second-order valence-corrected chi connectivity index (χ2v) is 6.15. The first-order valence-electron chi connectivity index (χ1n) is 8.83. The Morgan fingerprint density at radius 3 is 2.58 bits per heavy atom. The number of hydrogen-bond acceptors (Lipinski definition) is 5. The highest BCUT2D eigenvalue weighted by atomic mass is 16.5. The smallest absolute Gasteiger partial charge is 0.274 e. The van der Waals surface area contributed by atoms with E-state index in [1.165, 1.54) is 5.69 Å². The molecule has 4 rings (SSSR count). The van der Waals surface area contributed by atoms with Crippen LogP contribution in [0.2, 0.25) is 0 Å². The van der Waals surface area contributed by atoms with Crippen LogP contribution in [0, 0.1) is 0 Å². The van der Waals surface area contributed by atoms with E-state index in [2.05, 4.69) is 27.1 Å². The molecular formula is C19H21N5O2. The fourth-order valence-electron chi connectivity index (χ4n) is 3.16. The van der Waals surface area contributed by atoms with Crippen LogP contribution in [0.25, 0.3) is 5.65 Å². The number of piperazine rings is 1. The van der Waals surface area contributed by atoms with Gasteiger partial charge in [0, 0.05) is 37.9 Å². The Morgan fingerprint density at radius 2 is 1.85 bits per heavy atom. The third-order valence-electron chi connectivity index (χ3n) is 4.50. The lowest BCUT2D eigenvalue weighted by atomic mass is 10.2. The number of carbonyl (C=O) groups excluding carboxylic acids is 1. The monoisotopic (exact) mass is 351 g/mol. The lowest BCUT2D eigenvalue weighted by molar-refractivity contribution is 0.0741. The SMILES string of the molecule is CCOc1ccc2nc(C(=O)N3CCN(c4ccccc4)CC3)cn2n1. The van der Waals surface area contributed by atoms with Crippen molar-refractivity contribution >= 4 is 17.2 Å². The number of fused-ring (bicyclic) bond motifs is 1. The van der Waals surface area contributed by atoms with E-state index in [9.17, 15) is 4.79 Å². The summed E-state index contributed by atoms with van der Waals surface area (Å²) in [7, 11) is 0. The molecule has 7 nitrogen and oxygen atoms in total. The summed E-state index contributed by atoms with van der Waals surface area (Å²) in [5.41, 5.74) is 2.25. The Balaban J connectivity index is 1.45. The van der Waals surface area contributed by atoms with Crippen molar-refractivity contribution in [1.82, 2.24) is 19.5 Å². The number of nitrogens with zero attached hydrogens (tertiary/aromatic N) is 5. The average molecular weight is 351 g/mol. The molecule has 26 heavy (non-hydrogen) atoms. The second-order valence-electron chi connectivity index (χ2n) is 6.15. The zero-order valence-electron chi connectivity index (χ0n) is 14.7. The highest BCUT2D eigenvalue weighted by molar-refractivity contribution is 5.93. The van der Waals surface area contributed by atoms with Crippen molar-refractivity contribution in [3.05, 3.63) is 54.4 Å². The highest BCUT2D eigenvalue weighted by Crippen LogP contribution is 2.17. The molecule has 2 aromatic heterocycles. The molecule has 134 valence electrons. The summed E-state index contributed by atoms with van der Waals surface area (Å²) in [4.78, 5) is 21.3. The van der Waals surface area contributed by atoms with Crippen molar-refractivity contribution < 1.29 is 9.53 Å². The van der Waals surface area contributed by atoms with Crippen LogP contribution in [0.4, 0.5) is 5.69 Å². The number of ether oxygens (including phenoxy) is 1. The summed E-state index contributed by atoms with van der Waals surface area (Å²) in [6, 6.07) is 13.8. The lowest BCUT2D eigenvalue weighted by Gasteiger charge is -2.35. The van der Waals surface area contributed by atoms with Gasteiger partial charge in [-0.25, -0.2) is 9.50 Å². The van der Waals surface area contributed by atoms with Gasteiger partial charge < -0.3 is 14.5 Å². The maximum absolute atomic E-state index is 12.8. The number of aromatic nitrogens is 3. The first kappa shape index (κ1) is 16.4. The van der Waals surface area contributed by atoms with Crippen LogP contribution in [0.3, 0.4) is 0 Å². The molecule has 0 saturated carbocycles. The highest BCUT2D eigenvalue weighted by Gasteiger charge is 2.24. The topological polar surface area (TPSA) is 63.0 Å². The minimum atomic E-state index is -0.0545. The molecule has 0 N–H and O–H groups in total. The van der Waals surface area contributed by atoms with Gasteiger partial charge in [0.1, 0.15) is 5.69 Å². The van der Waals surface area contributed by atoms with E-state index in [4.69, 9.17) is 4.74 Å². The standard InChI is InChI=1S/C19H21N5O2/c1-2-26-18-9-8-17-20-16(14-24(17)21-18)19(25)23-12-10-22(11-13-23)15-6-4-3-5-7-15/h3-9,14H,2,10-13H2,1H3. The maximum Gasteiger partial charge on any atom is 0.274 e. The van der Waals surface area contributed by atoms with E-state index in [1.807, 2.05) is 36.1 Å². The van der Waals surface area contributed by atoms with Crippen molar-refractivity contribution in [3.63, 3.8) is 0 Å². The maximum atomic E-state index is 12.8. The van der Waals surface area contributed by atoms with Crippen LogP contribution in [0.5, 0.6) is 5.88 Å². The molecule has 1 fully saturated rings. The number of amides is 1. The largest absolute Gasteiger partial charge is 0.477 e. The molecule has 7 heteroatoms.